The zero-order chi connectivity index (χ0) is 18.8. The number of carbonyl (C=O) groups is 2. The predicted octanol–water partition coefficient (Wildman–Crippen LogP) is -0.637. The van der Waals surface area contributed by atoms with E-state index >= 15 is 0 Å². The number of thioether (sulfide) groups is 1. The standard InChI is InChI=1S/C18H28N6O2S/c1-14-19-20-18(24(14)15-4-5-15)27-13-17(26)23-10-8-21(9-11-23)12-16(25)22-6-2-3-7-22/h15H,2-13H2,1H3/p+1. The van der Waals surface area contributed by atoms with Gasteiger partial charge in [-0.25, -0.2) is 0 Å². The molecular formula is C18H29N6O2S+. The maximum atomic E-state index is 12.6. The third kappa shape index (κ3) is 4.45. The number of likely N-dealkylation sites (tertiary alicyclic amines) is 1. The first-order valence-corrected chi connectivity index (χ1v) is 11.0. The fourth-order valence-corrected chi connectivity index (χ4v) is 4.91. The van der Waals surface area contributed by atoms with Gasteiger partial charge in [0, 0.05) is 19.1 Å². The van der Waals surface area contributed by atoms with Gasteiger partial charge in [0.25, 0.3) is 5.91 Å². The summed E-state index contributed by atoms with van der Waals surface area (Å²) in [5.74, 6) is 1.78. The number of amides is 2. The summed E-state index contributed by atoms with van der Waals surface area (Å²) in [7, 11) is 0. The van der Waals surface area contributed by atoms with Crippen LogP contribution in [0.5, 0.6) is 0 Å². The van der Waals surface area contributed by atoms with Gasteiger partial charge >= 0.3 is 0 Å². The van der Waals surface area contributed by atoms with Crippen molar-refractivity contribution in [3.63, 3.8) is 0 Å². The van der Waals surface area contributed by atoms with Crippen LogP contribution in [0.1, 0.15) is 37.5 Å². The molecule has 8 nitrogen and oxygen atoms in total. The van der Waals surface area contributed by atoms with Crippen LogP contribution in [-0.4, -0.2) is 87.9 Å². The molecule has 0 aromatic carbocycles. The lowest BCUT2D eigenvalue weighted by Crippen LogP contribution is -3.15. The Morgan fingerprint density at radius 1 is 1.04 bits per heavy atom. The molecule has 0 bridgehead atoms. The number of rotatable bonds is 6. The molecule has 1 aromatic heterocycles. The van der Waals surface area contributed by atoms with Crippen molar-refractivity contribution < 1.29 is 14.5 Å². The topological polar surface area (TPSA) is 75.8 Å². The zero-order valence-electron chi connectivity index (χ0n) is 16.0. The Bertz CT molecular complexity index is 690. The van der Waals surface area contributed by atoms with E-state index in [1.807, 2.05) is 16.7 Å². The maximum Gasteiger partial charge on any atom is 0.277 e. The fourth-order valence-electron chi connectivity index (χ4n) is 3.96. The third-order valence-corrected chi connectivity index (χ3v) is 6.68. The molecule has 3 fully saturated rings. The highest BCUT2D eigenvalue weighted by Crippen LogP contribution is 2.38. The van der Waals surface area contributed by atoms with Crippen molar-refractivity contribution in [1.29, 1.82) is 0 Å². The van der Waals surface area contributed by atoms with Gasteiger partial charge in [-0.15, -0.1) is 10.2 Å². The van der Waals surface area contributed by atoms with Crippen molar-refractivity contribution in [3.8, 4) is 0 Å². The summed E-state index contributed by atoms with van der Waals surface area (Å²) >= 11 is 1.50. The lowest BCUT2D eigenvalue weighted by Gasteiger charge is -2.32. The number of aryl methyl sites for hydroxylation is 1. The van der Waals surface area contributed by atoms with Gasteiger partial charge in [0.05, 0.1) is 31.9 Å². The largest absolute Gasteiger partial charge is 0.338 e. The molecule has 0 spiro atoms. The Kier molecular flexibility index (Phi) is 5.68. The molecule has 3 aliphatic rings. The summed E-state index contributed by atoms with van der Waals surface area (Å²) in [6.45, 7) is 7.55. The van der Waals surface area contributed by atoms with E-state index < -0.39 is 0 Å². The second-order valence-electron chi connectivity index (χ2n) is 7.82. The zero-order valence-corrected chi connectivity index (χ0v) is 16.8. The summed E-state index contributed by atoms with van der Waals surface area (Å²) in [6.07, 6.45) is 4.63. The molecule has 1 saturated carbocycles. The summed E-state index contributed by atoms with van der Waals surface area (Å²) < 4.78 is 2.17. The molecule has 2 amide bonds. The van der Waals surface area contributed by atoms with Gasteiger partial charge in [-0.1, -0.05) is 11.8 Å². The number of quaternary nitrogens is 1. The van der Waals surface area contributed by atoms with Gasteiger partial charge in [-0.3, -0.25) is 9.59 Å². The van der Waals surface area contributed by atoms with Crippen LogP contribution in [-0.2, 0) is 9.59 Å². The van der Waals surface area contributed by atoms with Crippen LogP contribution >= 0.6 is 11.8 Å². The first-order valence-electron chi connectivity index (χ1n) is 10.1. The van der Waals surface area contributed by atoms with E-state index in [1.165, 1.54) is 29.5 Å². The van der Waals surface area contributed by atoms with E-state index in [9.17, 15) is 9.59 Å². The summed E-state index contributed by atoms with van der Waals surface area (Å²) in [5.41, 5.74) is 0. The van der Waals surface area contributed by atoms with Crippen molar-refractivity contribution >= 4 is 23.6 Å². The molecule has 0 unspecified atom stereocenters. The van der Waals surface area contributed by atoms with E-state index in [0.29, 0.717) is 18.3 Å². The number of nitrogens with zero attached hydrogens (tertiary/aromatic N) is 5. The van der Waals surface area contributed by atoms with Crippen LogP contribution in [0.3, 0.4) is 0 Å². The maximum absolute atomic E-state index is 12.6. The average Bonchev–Trinajstić information content (AvgIpc) is 3.20. The molecule has 0 radical (unpaired) electrons. The number of hydrogen-bond donors (Lipinski definition) is 1. The highest BCUT2D eigenvalue weighted by atomic mass is 32.2. The molecule has 1 aromatic rings. The van der Waals surface area contributed by atoms with Gasteiger partial charge in [0.15, 0.2) is 11.7 Å². The quantitative estimate of drug-likeness (QED) is 0.651. The van der Waals surface area contributed by atoms with Crippen LogP contribution < -0.4 is 4.90 Å². The number of aromatic nitrogens is 3. The fraction of sp³-hybridized carbons (Fsp3) is 0.778. The van der Waals surface area contributed by atoms with E-state index in [2.05, 4.69) is 14.8 Å². The van der Waals surface area contributed by atoms with Crippen LogP contribution in [0.25, 0.3) is 0 Å². The van der Waals surface area contributed by atoms with Crippen LogP contribution in [0, 0.1) is 6.92 Å². The molecule has 148 valence electrons. The van der Waals surface area contributed by atoms with Crippen LogP contribution in [0.2, 0.25) is 0 Å². The van der Waals surface area contributed by atoms with Crippen molar-refractivity contribution in [2.75, 3.05) is 51.6 Å². The van der Waals surface area contributed by atoms with Crippen LogP contribution in [0.4, 0.5) is 0 Å². The van der Waals surface area contributed by atoms with Gasteiger partial charge < -0.3 is 19.3 Å². The van der Waals surface area contributed by atoms with Crippen LogP contribution in [0.15, 0.2) is 5.16 Å². The highest BCUT2D eigenvalue weighted by Gasteiger charge is 2.30. The first-order chi connectivity index (χ1) is 13.1. The molecule has 9 heteroatoms. The molecular weight excluding hydrogens is 364 g/mol. The Morgan fingerprint density at radius 3 is 2.37 bits per heavy atom. The second kappa shape index (κ2) is 8.18. The Labute approximate surface area is 164 Å². The van der Waals surface area contributed by atoms with Crippen molar-refractivity contribution in [1.82, 2.24) is 24.6 Å². The molecule has 4 rings (SSSR count). The number of piperazine rings is 1. The summed E-state index contributed by atoms with van der Waals surface area (Å²) in [5, 5.41) is 9.27. The van der Waals surface area contributed by atoms with E-state index in [-0.39, 0.29) is 11.8 Å². The molecule has 0 atom stereocenters. The minimum Gasteiger partial charge on any atom is -0.338 e. The minimum absolute atomic E-state index is 0.160. The normalized spacial score (nSPS) is 21.1. The SMILES string of the molecule is Cc1nnc(SCC(=O)N2CC[NH+](CC(=O)N3CCCC3)CC2)n1C1CC1. The average molecular weight is 394 g/mol. The Balaban J connectivity index is 1.21. The Morgan fingerprint density at radius 2 is 1.70 bits per heavy atom. The van der Waals surface area contributed by atoms with E-state index in [4.69, 9.17) is 0 Å². The van der Waals surface area contributed by atoms with E-state index in [0.717, 1.165) is 63.1 Å². The minimum atomic E-state index is 0.160. The summed E-state index contributed by atoms with van der Waals surface area (Å²) in [6, 6.07) is 0.526. The predicted molar refractivity (Wildman–Crippen MR) is 102 cm³/mol. The number of carbonyl (C=O) groups excluding carboxylic acids is 2. The van der Waals surface area contributed by atoms with Gasteiger partial charge in [-0.2, -0.15) is 0 Å². The summed E-state index contributed by atoms with van der Waals surface area (Å²) in [4.78, 5) is 30.1. The monoisotopic (exact) mass is 393 g/mol. The van der Waals surface area contributed by atoms with Crippen molar-refractivity contribution in [2.45, 2.75) is 43.8 Å². The molecule has 27 heavy (non-hydrogen) atoms. The van der Waals surface area contributed by atoms with Gasteiger partial charge in [0.2, 0.25) is 5.91 Å². The lowest BCUT2D eigenvalue weighted by atomic mass is 10.3. The van der Waals surface area contributed by atoms with Gasteiger partial charge in [0.1, 0.15) is 5.82 Å². The molecule has 2 saturated heterocycles. The smallest absolute Gasteiger partial charge is 0.277 e. The molecule has 1 N–H and O–H groups in total. The van der Waals surface area contributed by atoms with Gasteiger partial charge in [-0.05, 0) is 32.6 Å². The number of nitrogens with one attached hydrogen (secondary N) is 1. The number of hydrogen-bond acceptors (Lipinski definition) is 5. The molecule has 1 aliphatic carbocycles. The third-order valence-electron chi connectivity index (χ3n) is 5.76. The first kappa shape index (κ1) is 18.7. The van der Waals surface area contributed by atoms with E-state index in [1.54, 1.807) is 0 Å². The lowest BCUT2D eigenvalue weighted by molar-refractivity contribution is -0.896. The van der Waals surface area contributed by atoms with Crippen molar-refractivity contribution in [3.05, 3.63) is 5.82 Å². The molecule has 3 heterocycles. The Hall–Kier alpha value is -1.61. The second-order valence-corrected chi connectivity index (χ2v) is 8.76. The molecule has 2 aliphatic heterocycles. The highest BCUT2D eigenvalue weighted by molar-refractivity contribution is 7.99. The van der Waals surface area contributed by atoms with Crippen molar-refractivity contribution in [2.24, 2.45) is 0 Å².